The summed E-state index contributed by atoms with van der Waals surface area (Å²) in [7, 11) is 0. The van der Waals surface area contributed by atoms with E-state index in [1.165, 1.54) is 30.7 Å². The van der Waals surface area contributed by atoms with Crippen LogP contribution in [-0.4, -0.2) is 43.6 Å². The number of H-pyrrole nitrogens is 1. The Morgan fingerprint density at radius 3 is 2.19 bits per heavy atom. The Morgan fingerprint density at radius 2 is 1.68 bits per heavy atom. The minimum Gasteiger partial charge on any atom is -0.399 e. The monoisotopic (exact) mass is 420 g/mol. The summed E-state index contributed by atoms with van der Waals surface area (Å²) in [6, 6.07) is 11.9. The number of anilines is 1. The van der Waals surface area contributed by atoms with E-state index in [-0.39, 0.29) is 11.3 Å². The minimum absolute atomic E-state index is 0.00897. The van der Waals surface area contributed by atoms with Gasteiger partial charge < -0.3 is 16.2 Å². The molecule has 2 amide bonds. The second kappa shape index (κ2) is 9.08. The van der Waals surface area contributed by atoms with Crippen molar-refractivity contribution in [1.82, 2.24) is 26.2 Å². The second-order valence-electron chi connectivity index (χ2n) is 6.83. The van der Waals surface area contributed by atoms with Gasteiger partial charge in [0.05, 0.1) is 6.20 Å². The number of hydroxylamine groups is 1. The molecule has 1 unspecified atom stereocenters. The van der Waals surface area contributed by atoms with Crippen molar-refractivity contribution < 1.29 is 19.9 Å². The standard InChI is InChI=1S/C21H20N6O4/c1-21(30,17-12-23-27-25-17)18(20(29)26-31)24-19(28)15-8-4-13(5-9-15)2-3-14-6-10-16(22)11-7-14/h4-12,18,30-31H,22H2,1H3,(H,24,28)(H,26,29)(H,23,25,27)/t18?,21-/m0/s1. The lowest BCUT2D eigenvalue weighted by atomic mass is 9.92. The molecule has 31 heavy (non-hydrogen) atoms. The highest BCUT2D eigenvalue weighted by Gasteiger charge is 2.42. The van der Waals surface area contributed by atoms with Crippen LogP contribution in [0.25, 0.3) is 0 Å². The maximum atomic E-state index is 12.6. The Bertz CT molecular complexity index is 1110. The molecule has 0 fully saturated rings. The molecule has 0 saturated heterocycles. The van der Waals surface area contributed by atoms with Crippen molar-refractivity contribution in [3.63, 3.8) is 0 Å². The van der Waals surface area contributed by atoms with E-state index >= 15 is 0 Å². The Balaban J connectivity index is 1.75. The molecule has 3 aromatic rings. The van der Waals surface area contributed by atoms with Crippen molar-refractivity contribution in [1.29, 1.82) is 0 Å². The molecule has 0 aliphatic rings. The van der Waals surface area contributed by atoms with Gasteiger partial charge in [-0.2, -0.15) is 15.4 Å². The van der Waals surface area contributed by atoms with E-state index < -0.39 is 23.5 Å². The maximum Gasteiger partial charge on any atom is 0.269 e. The lowest BCUT2D eigenvalue weighted by Crippen LogP contribution is -2.57. The first-order valence-corrected chi connectivity index (χ1v) is 9.12. The summed E-state index contributed by atoms with van der Waals surface area (Å²) in [5.41, 5.74) is 7.49. The van der Waals surface area contributed by atoms with Crippen molar-refractivity contribution in [3.05, 3.63) is 77.1 Å². The van der Waals surface area contributed by atoms with Gasteiger partial charge in [-0.3, -0.25) is 14.8 Å². The van der Waals surface area contributed by atoms with Gasteiger partial charge in [-0.1, -0.05) is 11.8 Å². The van der Waals surface area contributed by atoms with Crippen molar-refractivity contribution in [2.45, 2.75) is 18.6 Å². The Hall–Kier alpha value is -4.20. The van der Waals surface area contributed by atoms with Gasteiger partial charge in [-0.05, 0) is 55.5 Å². The molecule has 2 aromatic carbocycles. The number of carbonyl (C=O) groups excluding carboxylic acids is 2. The number of nitrogens with two attached hydrogens (primary N) is 1. The lowest BCUT2D eigenvalue weighted by molar-refractivity contribution is -0.138. The number of hydrogen-bond acceptors (Lipinski definition) is 7. The molecule has 0 aliphatic carbocycles. The third-order valence-corrected chi connectivity index (χ3v) is 4.55. The van der Waals surface area contributed by atoms with E-state index in [4.69, 9.17) is 10.9 Å². The summed E-state index contributed by atoms with van der Waals surface area (Å²) in [5.74, 6) is 4.31. The van der Waals surface area contributed by atoms with Gasteiger partial charge in [0, 0.05) is 22.4 Å². The number of rotatable bonds is 5. The molecule has 0 radical (unpaired) electrons. The van der Waals surface area contributed by atoms with E-state index in [9.17, 15) is 14.7 Å². The Morgan fingerprint density at radius 1 is 1.10 bits per heavy atom. The van der Waals surface area contributed by atoms with Crippen LogP contribution in [0, 0.1) is 11.8 Å². The van der Waals surface area contributed by atoms with Crippen LogP contribution in [0.3, 0.4) is 0 Å². The quantitative estimate of drug-likeness (QED) is 0.149. The number of aromatic amines is 1. The second-order valence-corrected chi connectivity index (χ2v) is 6.83. The fourth-order valence-electron chi connectivity index (χ4n) is 2.75. The fourth-order valence-corrected chi connectivity index (χ4v) is 2.75. The molecule has 0 spiro atoms. The van der Waals surface area contributed by atoms with Gasteiger partial charge in [-0.15, -0.1) is 0 Å². The summed E-state index contributed by atoms with van der Waals surface area (Å²) < 4.78 is 0. The summed E-state index contributed by atoms with van der Waals surface area (Å²) in [4.78, 5) is 24.7. The highest BCUT2D eigenvalue weighted by atomic mass is 16.5. The van der Waals surface area contributed by atoms with Gasteiger partial charge in [0.15, 0.2) is 0 Å². The molecular formula is C21H20N6O4. The van der Waals surface area contributed by atoms with Gasteiger partial charge in [0.1, 0.15) is 17.3 Å². The average Bonchev–Trinajstić information content (AvgIpc) is 3.32. The Labute approximate surface area is 177 Å². The van der Waals surface area contributed by atoms with Crippen LogP contribution >= 0.6 is 0 Å². The largest absolute Gasteiger partial charge is 0.399 e. The highest BCUT2D eigenvalue weighted by Crippen LogP contribution is 2.22. The Kier molecular flexibility index (Phi) is 6.30. The van der Waals surface area contributed by atoms with Crippen molar-refractivity contribution in [2.24, 2.45) is 0 Å². The van der Waals surface area contributed by atoms with Gasteiger partial charge in [-0.25, -0.2) is 5.48 Å². The van der Waals surface area contributed by atoms with Crippen LogP contribution in [0.2, 0.25) is 0 Å². The van der Waals surface area contributed by atoms with Gasteiger partial charge in [0.25, 0.3) is 11.8 Å². The predicted octanol–water partition coefficient (Wildman–Crippen LogP) is 0.298. The first kappa shape index (κ1) is 21.5. The minimum atomic E-state index is -1.94. The molecular weight excluding hydrogens is 400 g/mol. The molecule has 1 heterocycles. The number of carbonyl (C=O) groups is 2. The number of nitrogens with zero attached hydrogens (tertiary/aromatic N) is 2. The van der Waals surface area contributed by atoms with Crippen LogP contribution < -0.4 is 16.5 Å². The normalized spacial score (nSPS) is 13.3. The third kappa shape index (κ3) is 5.05. The average molecular weight is 420 g/mol. The SMILES string of the molecule is C[C@](O)(c1cn[nH]n1)C(NC(=O)c1ccc(C#Cc2ccc(N)cc2)cc1)C(=O)NO. The van der Waals surface area contributed by atoms with Crippen molar-refractivity contribution in [2.75, 3.05) is 5.73 Å². The number of benzene rings is 2. The van der Waals surface area contributed by atoms with E-state index in [0.717, 1.165) is 5.56 Å². The van der Waals surface area contributed by atoms with Crippen LogP contribution in [0.1, 0.15) is 34.1 Å². The zero-order chi connectivity index (χ0) is 22.4. The lowest BCUT2D eigenvalue weighted by Gasteiger charge is -2.30. The fraction of sp³-hybridized carbons (Fsp3) is 0.143. The van der Waals surface area contributed by atoms with E-state index in [2.05, 4.69) is 32.6 Å². The molecule has 10 heteroatoms. The van der Waals surface area contributed by atoms with E-state index in [1.54, 1.807) is 36.4 Å². The van der Waals surface area contributed by atoms with E-state index in [0.29, 0.717) is 11.3 Å². The molecule has 158 valence electrons. The number of amides is 2. The van der Waals surface area contributed by atoms with Crippen molar-refractivity contribution >= 4 is 17.5 Å². The summed E-state index contributed by atoms with van der Waals surface area (Å²) >= 11 is 0. The zero-order valence-corrected chi connectivity index (χ0v) is 16.5. The maximum absolute atomic E-state index is 12.6. The summed E-state index contributed by atoms with van der Waals surface area (Å²) in [5, 5.41) is 31.8. The van der Waals surface area contributed by atoms with Crippen LogP contribution in [-0.2, 0) is 10.4 Å². The first-order chi connectivity index (χ1) is 14.8. The number of nitrogen functional groups attached to an aromatic ring is 1. The molecule has 2 atom stereocenters. The highest BCUT2D eigenvalue weighted by molar-refractivity contribution is 5.97. The molecule has 0 aliphatic heterocycles. The molecule has 10 nitrogen and oxygen atoms in total. The molecule has 7 N–H and O–H groups in total. The predicted molar refractivity (Wildman–Crippen MR) is 110 cm³/mol. The van der Waals surface area contributed by atoms with Crippen LogP contribution in [0.15, 0.2) is 54.7 Å². The molecule has 1 aromatic heterocycles. The van der Waals surface area contributed by atoms with E-state index in [1.807, 2.05) is 0 Å². The summed E-state index contributed by atoms with van der Waals surface area (Å²) in [6.07, 6.45) is 1.21. The topological polar surface area (TPSA) is 166 Å². The number of hydrogen-bond donors (Lipinski definition) is 6. The summed E-state index contributed by atoms with van der Waals surface area (Å²) in [6.45, 7) is 1.26. The van der Waals surface area contributed by atoms with Gasteiger partial charge in [0.2, 0.25) is 0 Å². The number of aromatic nitrogens is 3. The first-order valence-electron chi connectivity index (χ1n) is 9.12. The number of aliphatic hydroxyl groups is 1. The van der Waals surface area contributed by atoms with Gasteiger partial charge >= 0.3 is 0 Å². The molecule has 3 rings (SSSR count). The van der Waals surface area contributed by atoms with Crippen molar-refractivity contribution in [3.8, 4) is 11.8 Å². The number of nitrogens with one attached hydrogen (secondary N) is 3. The molecule has 0 saturated carbocycles. The van der Waals surface area contributed by atoms with Crippen LogP contribution in [0.4, 0.5) is 5.69 Å². The third-order valence-electron chi connectivity index (χ3n) is 4.55. The smallest absolute Gasteiger partial charge is 0.269 e. The van der Waals surface area contributed by atoms with Crippen LogP contribution in [0.5, 0.6) is 0 Å². The zero-order valence-electron chi connectivity index (χ0n) is 16.5. The molecule has 0 bridgehead atoms.